The van der Waals surface area contributed by atoms with E-state index in [4.69, 9.17) is 9.15 Å². The second-order valence-corrected chi connectivity index (χ2v) is 7.78. The molecule has 6 nitrogen and oxygen atoms in total. The van der Waals surface area contributed by atoms with E-state index in [1.807, 2.05) is 12.3 Å². The maximum Gasteiger partial charge on any atom is 0.291 e. The molecule has 2 aromatic heterocycles. The summed E-state index contributed by atoms with van der Waals surface area (Å²) in [6.07, 6.45) is 3.48. The number of benzene rings is 2. The van der Waals surface area contributed by atoms with Crippen molar-refractivity contribution in [2.24, 2.45) is 0 Å². The van der Waals surface area contributed by atoms with Crippen LogP contribution in [0.4, 0.5) is 23.2 Å². The minimum atomic E-state index is -1.67. The van der Waals surface area contributed by atoms with Crippen molar-refractivity contribution in [2.75, 3.05) is 5.32 Å². The number of hydrogen-bond acceptors (Lipinski definition) is 4. The summed E-state index contributed by atoms with van der Waals surface area (Å²) in [4.78, 5) is 12.5. The molecule has 0 aliphatic carbocycles. The number of ether oxygens (including phenoxy) is 1. The lowest BCUT2D eigenvalue weighted by Gasteiger charge is -2.08. The lowest BCUT2D eigenvalue weighted by molar-refractivity contribution is 0.0992. The lowest BCUT2D eigenvalue weighted by atomic mass is 10.2. The number of furan rings is 1. The summed E-state index contributed by atoms with van der Waals surface area (Å²) in [6, 6.07) is 9.86. The van der Waals surface area contributed by atoms with E-state index in [2.05, 4.69) is 26.3 Å². The van der Waals surface area contributed by atoms with Crippen LogP contribution in [-0.2, 0) is 13.2 Å². The molecule has 2 heterocycles. The summed E-state index contributed by atoms with van der Waals surface area (Å²) in [5.41, 5.74) is 1.40. The zero-order chi connectivity index (χ0) is 23.5. The highest BCUT2D eigenvalue weighted by molar-refractivity contribution is 9.10. The molecular weight excluding hydrogens is 510 g/mol. The van der Waals surface area contributed by atoms with E-state index >= 15 is 0 Å². The maximum atomic E-state index is 13.7. The van der Waals surface area contributed by atoms with Gasteiger partial charge in [-0.2, -0.15) is 13.9 Å². The Morgan fingerprint density at radius 2 is 1.85 bits per heavy atom. The first-order chi connectivity index (χ1) is 15.8. The van der Waals surface area contributed by atoms with Crippen molar-refractivity contribution in [3.05, 3.63) is 99.7 Å². The van der Waals surface area contributed by atoms with E-state index in [0.717, 1.165) is 10.0 Å². The smallest absolute Gasteiger partial charge is 0.291 e. The van der Waals surface area contributed by atoms with E-state index in [1.165, 1.54) is 12.1 Å². The van der Waals surface area contributed by atoms with Gasteiger partial charge in [0, 0.05) is 18.0 Å². The van der Waals surface area contributed by atoms with Crippen molar-refractivity contribution in [2.45, 2.75) is 13.2 Å². The number of hydrogen-bond donors (Lipinski definition) is 1. The Balaban J connectivity index is 1.40. The van der Waals surface area contributed by atoms with Crippen LogP contribution in [0.2, 0.25) is 0 Å². The zero-order valence-electron chi connectivity index (χ0n) is 16.6. The second kappa shape index (κ2) is 9.49. The highest BCUT2D eigenvalue weighted by atomic mass is 79.9. The number of nitrogens with one attached hydrogen (secondary N) is 1. The number of carbonyl (C=O) groups excluding carboxylic acids is 1. The van der Waals surface area contributed by atoms with E-state index in [1.54, 1.807) is 29.1 Å². The van der Waals surface area contributed by atoms with Crippen LogP contribution in [0.15, 0.2) is 63.7 Å². The van der Waals surface area contributed by atoms with E-state index in [9.17, 15) is 22.4 Å². The second-order valence-electron chi connectivity index (χ2n) is 6.86. The van der Waals surface area contributed by atoms with Crippen molar-refractivity contribution in [3.8, 4) is 5.75 Å². The fraction of sp³-hybridized carbons (Fsp3) is 0.0909. The summed E-state index contributed by atoms with van der Waals surface area (Å²) in [6.45, 7) is -0.0652. The molecule has 1 N–H and O–H groups in total. The Morgan fingerprint density at radius 3 is 2.55 bits per heavy atom. The Labute approximate surface area is 192 Å². The molecule has 1 amide bonds. The molecule has 0 aliphatic heterocycles. The minimum Gasteiger partial charge on any atom is -0.479 e. The highest BCUT2D eigenvalue weighted by Crippen LogP contribution is 2.27. The van der Waals surface area contributed by atoms with Crippen LogP contribution in [0, 0.1) is 23.3 Å². The van der Waals surface area contributed by atoms with Crippen LogP contribution in [0.5, 0.6) is 5.75 Å². The maximum absolute atomic E-state index is 13.7. The molecule has 4 aromatic rings. The molecule has 170 valence electrons. The molecule has 11 heteroatoms. The number of halogens is 5. The predicted octanol–water partition coefficient (Wildman–Crippen LogP) is 5.67. The van der Waals surface area contributed by atoms with Gasteiger partial charge in [-0.15, -0.1) is 0 Å². The molecule has 0 saturated heterocycles. The number of aromatic nitrogens is 2. The van der Waals surface area contributed by atoms with Crippen LogP contribution in [-0.4, -0.2) is 15.7 Å². The van der Waals surface area contributed by atoms with Gasteiger partial charge in [0.2, 0.25) is 11.6 Å². The Morgan fingerprint density at radius 1 is 1.09 bits per heavy atom. The van der Waals surface area contributed by atoms with Crippen LogP contribution < -0.4 is 10.1 Å². The molecule has 4 rings (SSSR count). The van der Waals surface area contributed by atoms with Gasteiger partial charge in [0.25, 0.3) is 5.91 Å². The molecule has 0 bridgehead atoms. The average molecular weight is 524 g/mol. The molecule has 0 fully saturated rings. The monoisotopic (exact) mass is 523 g/mol. The summed E-state index contributed by atoms with van der Waals surface area (Å²) in [5.74, 6) is -8.38. The summed E-state index contributed by atoms with van der Waals surface area (Å²) >= 11 is 3.33. The fourth-order valence-corrected chi connectivity index (χ4v) is 3.28. The highest BCUT2D eigenvalue weighted by Gasteiger charge is 2.21. The van der Waals surface area contributed by atoms with Crippen LogP contribution in [0.3, 0.4) is 0 Å². The lowest BCUT2D eigenvalue weighted by Crippen LogP contribution is -2.11. The molecule has 0 aliphatic rings. The number of nitrogens with zero attached hydrogens (tertiary/aromatic N) is 2. The average Bonchev–Trinajstić information content (AvgIpc) is 3.41. The van der Waals surface area contributed by atoms with Crippen molar-refractivity contribution in [3.63, 3.8) is 0 Å². The number of carbonyl (C=O) groups is 1. The number of rotatable bonds is 7. The predicted molar refractivity (Wildman–Crippen MR) is 113 cm³/mol. The summed E-state index contributed by atoms with van der Waals surface area (Å²) in [7, 11) is 0. The van der Waals surface area contributed by atoms with E-state index in [0.29, 0.717) is 12.2 Å². The van der Waals surface area contributed by atoms with Crippen LogP contribution in [0.25, 0.3) is 0 Å². The van der Waals surface area contributed by atoms with Crippen LogP contribution in [0.1, 0.15) is 21.9 Å². The van der Waals surface area contributed by atoms with Gasteiger partial charge in [-0.05, 0) is 45.8 Å². The van der Waals surface area contributed by atoms with Crippen molar-refractivity contribution >= 4 is 27.5 Å². The first kappa shape index (κ1) is 22.6. The van der Waals surface area contributed by atoms with Crippen molar-refractivity contribution < 1.29 is 31.5 Å². The molecule has 0 saturated carbocycles. The number of amides is 1. The number of anilines is 1. The van der Waals surface area contributed by atoms with Gasteiger partial charge in [-0.3, -0.25) is 9.48 Å². The fourth-order valence-electron chi connectivity index (χ4n) is 2.95. The summed E-state index contributed by atoms with van der Waals surface area (Å²) < 4.78 is 66.6. The third-order valence-corrected chi connectivity index (χ3v) is 4.86. The Bertz CT molecular complexity index is 1300. The third kappa shape index (κ3) is 5.25. The van der Waals surface area contributed by atoms with Gasteiger partial charge in [0.1, 0.15) is 12.4 Å². The Kier molecular flexibility index (Phi) is 6.50. The molecule has 0 spiro atoms. The van der Waals surface area contributed by atoms with Gasteiger partial charge in [-0.1, -0.05) is 12.1 Å². The van der Waals surface area contributed by atoms with Gasteiger partial charge in [0.05, 0.1) is 17.2 Å². The first-order valence-corrected chi connectivity index (χ1v) is 10.2. The zero-order valence-corrected chi connectivity index (χ0v) is 18.2. The van der Waals surface area contributed by atoms with Crippen molar-refractivity contribution in [1.29, 1.82) is 0 Å². The van der Waals surface area contributed by atoms with Crippen molar-refractivity contribution in [1.82, 2.24) is 9.78 Å². The van der Waals surface area contributed by atoms with E-state index in [-0.39, 0.29) is 17.6 Å². The third-order valence-electron chi connectivity index (χ3n) is 4.45. The minimum absolute atomic E-state index is 0.0154. The first-order valence-electron chi connectivity index (χ1n) is 9.43. The van der Waals surface area contributed by atoms with Gasteiger partial charge in [0.15, 0.2) is 23.1 Å². The standard InChI is InChI=1S/C22H14BrF4N3O3/c23-13-8-28-30(10-13)9-12-2-1-3-14(6-12)29-22(31)18-5-4-15(33-18)11-32-21-19(26)16(24)7-17(25)20(21)27/h1-8,10H,9,11H2,(H,29,31). The Hall–Kier alpha value is -3.60. The van der Waals surface area contributed by atoms with Gasteiger partial charge < -0.3 is 14.5 Å². The topological polar surface area (TPSA) is 69.3 Å². The van der Waals surface area contributed by atoms with Gasteiger partial charge >= 0.3 is 0 Å². The van der Waals surface area contributed by atoms with E-state index < -0.39 is 41.5 Å². The molecule has 0 radical (unpaired) electrons. The summed E-state index contributed by atoms with van der Waals surface area (Å²) in [5, 5.41) is 6.86. The molecule has 0 atom stereocenters. The van der Waals surface area contributed by atoms with Gasteiger partial charge in [-0.25, -0.2) is 8.78 Å². The molecular formula is C22H14BrF4N3O3. The normalized spacial score (nSPS) is 10.9. The molecule has 2 aromatic carbocycles. The molecule has 33 heavy (non-hydrogen) atoms. The molecule has 0 unspecified atom stereocenters. The quantitative estimate of drug-likeness (QED) is 0.250. The largest absolute Gasteiger partial charge is 0.479 e. The SMILES string of the molecule is O=C(Nc1cccc(Cn2cc(Br)cn2)c1)c1ccc(COc2c(F)c(F)cc(F)c2F)o1. The van der Waals surface area contributed by atoms with Crippen LogP contribution >= 0.6 is 15.9 Å².